The Morgan fingerprint density at radius 1 is 0.875 bits per heavy atom. The maximum absolute atomic E-state index is 6.08. The van der Waals surface area contributed by atoms with Crippen molar-refractivity contribution in [2.45, 2.75) is 0 Å². The van der Waals surface area contributed by atoms with E-state index in [4.69, 9.17) is 28.3 Å². The second kappa shape index (κ2) is 6.16. The number of hydrogen-bond acceptors (Lipinski definition) is 2. The van der Waals surface area contributed by atoms with Crippen LogP contribution in [0.2, 0.25) is 10.2 Å². The van der Waals surface area contributed by atoms with Gasteiger partial charge in [-0.2, -0.15) is 0 Å². The molecule has 0 aliphatic rings. The molecule has 4 aromatic rings. The Kier molecular flexibility index (Phi) is 4.00. The molecule has 0 radical (unpaired) electrons. The molecular weight excluding hydrogens is 411 g/mol. The highest BCUT2D eigenvalue weighted by molar-refractivity contribution is 9.10. The van der Waals surface area contributed by atoms with Crippen LogP contribution in [0.25, 0.3) is 22.5 Å². The Labute approximate surface area is 156 Å². The van der Waals surface area contributed by atoms with Crippen molar-refractivity contribution in [1.29, 1.82) is 0 Å². The third-order valence-electron chi connectivity index (χ3n) is 3.58. The summed E-state index contributed by atoms with van der Waals surface area (Å²) in [4.78, 5) is 1.72. The summed E-state index contributed by atoms with van der Waals surface area (Å²) in [7, 11) is 0. The molecule has 2 aromatic carbocycles. The highest BCUT2D eigenvalue weighted by Crippen LogP contribution is 2.24. The summed E-state index contributed by atoms with van der Waals surface area (Å²) in [6.07, 6.45) is 0. The van der Waals surface area contributed by atoms with Crippen molar-refractivity contribution in [3.63, 3.8) is 0 Å². The fraction of sp³-hybridized carbons (Fsp3) is 0. The molecule has 0 aliphatic heterocycles. The van der Waals surface area contributed by atoms with E-state index in [0.717, 1.165) is 26.9 Å². The van der Waals surface area contributed by atoms with Gasteiger partial charge >= 0.3 is 0 Å². The monoisotopic (exact) mass is 419 g/mol. The smallest absolute Gasteiger partial charge is 0.0843 e. The predicted octanol–water partition coefficient (Wildman–Crippen LogP) is 4.74. The summed E-state index contributed by atoms with van der Waals surface area (Å²) in [6.45, 7) is 0. The largest absolute Gasteiger partial charge is 0.259 e. The lowest BCUT2D eigenvalue weighted by molar-refractivity contribution is -0.664. The molecule has 0 saturated heterocycles. The van der Waals surface area contributed by atoms with E-state index in [-0.39, 0.29) is 0 Å². The van der Waals surface area contributed by atoms with E-state index < -0.39 is 0 Å². The molecule has 2 heterocycles. The fourth-order valence-corrected chi connectivity index (χ4v) is 2.98. The van der Waals surface area contributed by atoms with Gasteiger partial charge in [0.25, 0.3) is 5.69 Å². The Morgan fingerprint density at radius 3 is 2.29 bits per heavy atom. The van der Waals surface area contributed by atoms with Crippen LogP contribution in [-0.2, 0) is 0 Å². The summed E-state index contributed by atoms with van der Waals surface area (Å²) in [6, 6.07) is 19.0. The van der Waals surface area contributed by atoms with E-state index in [0.29, 0.717) is 10.2 Å². The number of benzene rings is 2. The summed E-state index contributed by atoms with van der Waals surface area (Å²) in [5.41, 5.74) is 3.49. The number of hydrogen-bond donors (Lipinski definition) is 0. The van der Waals surface area contributed by atoms with Crippen molar-refractivity contribution >= 4 is 44.6 Å². The van der Waals surface area contributed by atoms with Gasteiger partial charge in [0.15, 0.2) is 5.15 Å². The van der Waals surface area contributed by atoms with Gasteiger partial charge in [0.2, 0.25) is 5.52 Å². The second-order valence-corrected chi connectivity index (χ2v) is 6.89. The van der Waals surface area contributed by atoms with Gasteiger partial charge in [-0.3, -0.25) is 0 Å². The standard InChI is InChI=1S/C17H10BrCl2N4/c18-12-3-7-14(8-4-12)23-22-17(11-1-5-13(19)6-2-11)15-9-10-16(20)21-24(15)23/h1-10H/q+1. The van der Waals surface area contributed by atoms with E-state index in [1.54, 1.807) is 15.5 Å². The van der Waals surface area contributed by atoms with Crippen molar-refractivity contribution in [1.82, 2.24) is 15.0 Å². The van der Waals surface area contributed by atoms with Crippen molar-refractivity contribution in [3.8, 4) is 16.9 Å². The number of nitrogens with zero attached hydrogens (tertiary/aromatic N) is 4. The van der Waals surface area contributed by atoms with Gasteiger partial charge in [-0.1, -0.05) is 39.1 Å². The Bertz CT molecular complexity index is 1030. The van der Waals surface area contributed by atoms with E-state index in [1.165, 1.54) is 0 Å². The molecular formula is C17H10BrCl2N4+. The topological polar surface area (TPSA) is 34.8 Å². The first-order valence-corrected chi connectivity index (χ1v) is 8.66. The van der Waals surface area contributed by atoms with Crippen LogP contribution >= 0.6 is 39.1 Å². The molecule has 0 fully saturated rings. The van der Waals surface area contributed by atoms with Gasteiger partial charge in [0.1, 0.15) is 5.69 Å². The van der Waals surface area contributed by atoms with Gasteiger partial charge in [-0.15, -0.1) is 0 Å². The van der Waals surface area contributed by atoms with Gasteiger partial charge in [0, 0.05) is 19.9 Å². The van der Waals surface area contributed by atoms with Crippen molar-refractivity contribution < 1.29 is 4.63 Å². The molecule has 0 saturated carbocycles. The summed E-state index contributed by atoms with van der Waals surface area (Å²) >= 11 is 15.5. The first-order chi connectivity index (χ1) is 11.6. The zero-order valence-corrected chi connectivity index (χ0v) is 15.3. The maximum Gasteiger partial charge on any atom is 0.259 e. The van der Waals surface area contributed by atoms with Crippen LogP contribution in [0.15, 0.2) is 65.1 Å². The van der Waals surface area contributed by atoms with Crippen LogP contribution in [-0.4, -0.2) is 15.0 Å². The van der Waals surface area contributed by atoms with Crippen molar-refractivity contribution in [2.75, 3.05) is 0 Å². The first-order valence-electron chi connectivity index (χ1n) is 7.11. The molecule has 0 N–H and O–H groups in total. The third-order valence-corrected chi connectivity index (χ3v) is 4.56. The molecule has 118 valence electrons. The van der Waals surface area contributed by atoms with Crippen molar-refractivity contribution in [2.24, 2.45) is 0 Å². The van der Waals surface area contributed by atoms with Gasteiger partial charge in [-0.25, -0.2) is 0 Å². The van der Waals surface area contributed by atoms with Crippen LogP contribution in [0.5, 0.6) is 0 Å². The molecule has 0 atom stereocenters. The van der Waals surface area contributed by atoms with Crippen molar-refractivity contribution in [3.05, 3.63) is 75.3 Å². The SMILES string of the molecule is Clc1ccc(-c2nn(-c3ccc(Br)cc3)[n+]3nc(Cl)ccc23)cc1. The number of aromatic nitrogens is 4. The van der Waals surface area contributed by atoms with Crippen LogP contribution in [0.1, 0.15) is 0 Å². The first kappa shape index (κ1) is 15.6. The number of halogens is 3. The molecule has 0 bridgehead atoms. The maximum atomic E-state index is 6.08. The lowest BCUT2D eigenvalue weighted by atomic mass is 10.1. The number of fused-ring (bicyclic) bond motifs is 1. The third kappa shape index (κ3) is 2.79. The summed E-state index contributed by atoms with van der Waals surface area (Å²) in [5.74, 6) is 0. The van der Waals surface area contributed by atoms with Gasteiger partial charge in [-0.05, 0) is 70.4 Å². The molecule has 4 nitrogen and oxygen atoms in total. The fourth-order valence-electron chi connectivity index (χ4n) is 2.45. The highest BCUT2D eigenvalue weighted by Gasteiger charge is 2.24. The second-order valence-electron chi connectivity index (χ2n) is 5.15. The molecule has 7 heteroatoms. The molecule has 0 spiro atoms. The van der Waals surface area contributed by atoms with E-state index >= 15 is 0 Å². The average molecular weight is 421 g/mol. The molecule has 0 aliphatic carbocycles. The van der Waals surface area contributed by atoms with E-state index in [1.807, 2.05) is 54.6 Å². The minimum absolute atomic E-state index is 0.397. The highest BCUT2D eigenvalue weighted by atomic mass is 79.9. The molecule has 4 rings (SSSR count). The molecule has 0 amide bonds. The van der Waals surface area contributed by atoms with Gasteiger partial charge in [0.05, 0.1) is 5.10 Å². The number of rotatable bonds is 2. The molecule has 0 unspecified atom stereocenters. The van der Waals surface area contributed by atoms with Crippen LogP contribution in [0, 0.1) is 0 Å². The average Bonchev–Trinajstić information content (AvgIpc) is 2.95. The Balaban J connectivity index is 1.98. The van der Waals surface area contributed by atoms with E-state index in [9.17, 15) is 0 Å². The Morgan fingerprint density at radius 2 is 1.58 bits per heavy atom. The minimum Gasteiger partial charge on any atom is -0.0843 e. The lowest BCUT2D eigenvalue weighted by Gasteiger charge is -1.96. The molecule has 2 aromatic heterocycles. The predicted molar refractivity (Wildman–Crippen MR) is 97.7 cm³/mol. The van der Waals surface area contributed by atoms with Crippen LogP contribution in [0.3, 0.4) is 0 Å². The molecule has 24 heavy (non-hydrogen) atoms. The Hall–Kier alpha value is -1.95. The normalized spacial score (nSPS) is 11.1. The van der Waals surface area contributed by atoms with Crippen LogP contribution < -0.4 is 4.63 Å². The van der Waals surface area contributed by atoms with Crippen LogP contribution in [0.4, 0.5) is 0 Å². The minimum atomic E-state index is 0.397. The van der Waals surface area contributed by atoms with E-state index in [2.05, 4.69) is 21.0 Å². The summed E-state index contributed by atoms with van der Waals surface area (Å²) < 4.78 is 2.69. The lowest BCUT2D eigenvalue weighted by Crippen LogP contribution is -2.36. The zero-order valence-electron chi connectivity index (χ0n) is 12.2. The summed E-state index contributed by atoms with van der Waals surface area (Å²) in [5, 5.41) is 10.2. The zero-order chi connectivity index (χ0) is 16.7. The van der Waals surface area contributed by atoms with Gasteiger partial charge < -0.3 is 0 Å². The quantitative estimate of drug-likeness (QED) is 0.439.